The minimum absolute atomic E-state index is 0.0376. The molecule has 180 valence electrons. The number of rotatable bonds is 5. The van der Waals surface area contributed by atoms with Crippen molar-refractivity contribution >= 4 is 11.6 Å². The first kappa shape index (κ1) is 24.1. The van der Waals surface area contributed by atoms with Gasteiger partial charge in [-0.05, 0) is 86.4 Å². The molecule has 4 rings (SSSR count). The molecule has 0 bridgehead atoms. The zero-order chi connectivity index (χ0) is 23.6. The van der Waals surface area contributed by atoms with Gasteiger partial charge in [-0.15, -0.1) is 0 Å². The van der Waals surface area contributed by atoms with Crippen LogP contribution < -0.4 is 0 Å². The van der Waals surface area contributed by atoms with E-state index in [1.54, 1.807) is 0 Å². The lowest BCUT2D eigenvalue weighted by atomic mass is 9.44. The summed E-state index contributed by atoms with van der Waals surface area (Å²) in [5.41, 5.74) is -0.210. The number of fused-ring (bicyclic) bond motifs is 5. The minimum Gasteiger partial charge on any atom is -0.393 e. The number of ketones is 2. The Morgan fingerprint density at radius 2 is 1.75 bits per heavy atom. The third kappa shape index (κ3) is 3.64. The molecule has 0 amide bonds. The van der Waals surface area contributed by atoms with Gasteiger partial charge in [0.1, 0.15) is 11.6 Å². The summed E-state index contributed by atoms with van der Waals surface area (Å²) in [5, 5.41) is 21.8. The normalized spacial score (nSPS) is 45.8. The standard InChI is InChI=1S/C28H44O4/c1-16(2)17(3)7-12-28(6,32)25-23(31)15-21-24-20(9-11-27(21,25)5)26(4)10-8-19(29)13-18(26)14-22(24)30/h16,18-21,24-25,29,32H,3,7-15H2,1-2,4-6H3/t18-,19-,20+,21+,24-,25+,26+,27+,28+/m1/s1. The first-order valence-corrected chi connectivity index (χ1v) is 12.9. The topological polar surface area (TPSA) is 74.6 Å². The van der Waals surface area contributed by atoms with Gasteiger partial charge < -0.3 is 10.2 Å². The van der Waals surface area contributed by atoms with E-state index in [2.05, 4.69) is 34.3 Å². The summed E-state index contributed by atoms with van der Waals surface area (Å²) < 4.78 is 0. The second-order valence-electron chi connectivity index (χ2n) is 12.9. The molecule has 0 aliphatic heterocycles. The summed E-state index contributed by atoms with van der Waals surface area (Å²) in [6.07, 6.45) is 6.35. The van der Waals surface area contributed by atoms with Crippen LogP contribution in [0.2, 0.25) is 0 Å². The third-order valence-corrected chi connectivity index (χ3v) is 10.7. The molecule has 32 heavy (non-hydrogen) atoms. The van der Waals surface area contributed by atoms with Crippen LogP contribution in [0.3, 0.4) is 0 Å². The monoisotopic (exact) mass is 444 g/mol. The maximum absolute atomic E-state index is 13.5. The molecule has 2 N–H and O–H groups in total. The summed E-state index contributed by atoms with van der Waals surface area (Å²) in [5.74, 6) is 0.954. The SMILES string of the molecule is C=C(CC[C@](C)(O)[C@H]1C(=O)C[C@H]2[C@@H]3C(=O)C[C@H]4C[C@H](O)CC[C@]4(C)[C@H]3CC[C@@]21C)C(C)C. The summed E-state index contributed by atoms with van der Waals surface area (Å²) in [6.45, 7) is 14.8. The predicted molar refractivity (Wildman–Crippen MR) is 126 cm³/mol. The van der Waals surface area contributed by atoms with Crippen molar-refractivity contribution in [2.75, 3.05) is 0 Å². The highest BCUT2D eigenvalue weighted by atomic mass is 16.3. The Kier molecular flexibility index (Phi) is 6.07. The summed E-state index contributed by atoms with van der Waals surface area (Å²) >= 11 is 0. The van der Waals surface area contributed by atoms with E-state index in [4.69, 9.17) is 0 Å². The summed E-state index contributed by atoms with van der Waals surface area (Å²) in [6, 6.07) is 0. The molecule has 4 nitrogen and oxygen atoms in total. The van der Waals surface area contributed by atoms with Gasteiger partial charge >= 0.3 is 0 Å². The van der Waals surface area contributed by atoms with Gasteiger partial charge in [-0.25, -0.2) is 0 Å². The lowest BCUT2D eigenvalue weighted by Gasteiger charge is -2.60. The van der Waals surface area contributed by atoms with E-state index in [9.17, 15) is 19.8 Å². The average Bonchev–Trinajstić information content (AvgIpc) is 2.98. The lowest BCUT2D eigenvalue weighted by molar-refractivity contribution is -0.166. The van der Waals surface area contributed by atoms with Gasteiger partial charge in [0.2, 0.25) is 0 Å². The van der Waals surface area contributed by atoms with Crippen molar-refractivity contribution in [2.24, 2.45) is 46.3 Å². The fraction of sp³-hybridized carbons (Fsp3) is 0.857. The number of aliphatic hydroxyl groups excluding tert-OH is 1. The van der Waals surface area contributed by atoms with Crippen LogP contribution >= 0.6 is 0 Å². The Labute approximate surface area is 194 Å². The average molecular weight is 445 g/mol. The van der Waals surface area contributed by atoms with Crippen molar-refractivity contribution in [3.63, 3.8) is 0 Å². The molecule has 0 heterocycles. The first-order chi connectivity index (χ1) is 14.8. The lowest BCUT2D eigenvalue weighted by Crippen LogP contribution is -2.58. The number of carbonyl (C=O) groups is 2. The van der Waals surface area contributed by atoms with E-state index in [-0.39, 0.29) is 40.5 Å². The van der Waals surface area contributed by atoms with E-state index in [0.717, 1.165) is 44.1 Å². The molecule has 4 aliphatic carbocycles. The molecule has 4 aliphatic rings. The second-order valence-corrected chi connectivity index (χ2v) is 12.9. The quantitative estimate of drug-likeness (QED) is 0.578. The molecular formula is C28H44O4. The van der Waals surface area contributed by atoms with Crippen molar-refractivity contribution in [3.8, 4) is 0 Å². The molecule has 4 heteroatoms. The highest BCUT2D eigenvalue weighted by Gasteiger charge is 2.66. The predicted octanol–water partition coefficient (Wildman–Crippen LogP) is 5.11. The van der Waals surface area contributed by atoms with Crippen molar-refractivity contribution in [1.82, 2.24) is 0 Å². The van der Waals surface area contributed by atoms with E-state index in [1.165, 1.54) is 0 Å². The zero-order valence-corrected chi connectivity index (χ0v) is 20.8. The molecule has 4 saturated carbocycles. The van der Waals surface area contributed by atoms with E-state index < -0.39 is 11.5 Å². The third-order valence-electron chi connectivity index (χ3n) is 10.7. The smallest absolute Gasteiger partial charge is 0.139 e. The van der Waals surface area contributed by atoms with Crippen molar-refractivity contribution < 1.29 is 19.8 Å². The van der Waals surface area contributed by atoms with Crippen molar-refractivity contribution in [2.45, 2.75) is 104 Å². The second kappa shape index (κ2) is 8.05. The van der Waals surface area contributed by atoms with Crippen molar-refractivity contribution in [3.05, 3.63) is 12.2 Å². The van der Waals surface area contributed by atoms with Gasteiger partial charge in [-0.2, -0.15) is 0 Å². The van der Waals surface area contributed by atoms with E-state index in [0.29, 0.717) is 36.9 Å². The van der Waals surface area contributed by atoms with E-state index >= 15 is 0 Å². The number of allylic oxidation sites excluding steroid dienone is 1. The molecule has 9 atom stereocenters. The van der Waals surface area contributed by atoms with Gasteiger partial charge in [0.25, 0.3) is 0 Å². The summed E-state index contributed by atoms with van der Waals surface area (Å²) in [4.78, 5) is 26.9. The van der Waals surface area contributed by atoms with Crippen LogP contribution in [0.5, 0.6) is 0 Å². The number of Topliss-reactive ketones (excluding diaryl/α,β-unsaturated/α-hetero) is 2. The van der Waals surface area contributed by atoms with Crippen LogP contribution in [-0.4, -0.2) is 33.5 Å². The molecule has 0 aromatic heterocycles. The Morgan fingerprint density at radius 1 is 1.09 bits per heavy atom. The van der Waals surface area contributed by atoms with Gasteiger partial charge in [-0.1, -0.05) is 39.8 Å². The Morgan fingerprint density at radius 3 is 2.41 bits per heavy atom. The molecule has 4 fully saturated rings. The maximum atomic E-state index is 13.5. The van der Waals surface area contributed by atoms with Gasteiger partial charge in [-0.3, -0.25) is 9.59 Å². The van der Waals surface area contributed by atoms with Crippen LogP contribution in [0.4, 0.5) is 0 Å². The van der Waals surface area contributed by atoms with Gasteiger partial charge in [0, 0.05) is 18.8 Å². The minimum atomic E-state index is -1.08. The molecule has 0 radical (unpaired) electrons. The highest BCUT2D eigenvalue weighted by molar-refractivity contribution is 5.89. The summed E-state index contributed by atoms with van der Waals surface area (Å²) in [7, 11) is 0. The van der Waals surface area contributed by atoms with Gasteiger partial charge in [0.05, 0.1) is 17.6 Å². The highest BCUT2D eigenvalue weighted by Crippen LogP contribution is 2.67. The Bertz CT molecular complexity index is 797. The molecule has 0 spiro atoms. The molecule has 0 aromatic carbocycles. The number of hydrogen-bond acceptors (Lipinski definition) is 4. The number of aliphatic hydroxyl groups is 2. The van der Waals surface area contributed by atoms with Crippen LogP contribution in [0.25, 0.3) is 0 Å². The van der Waals surface area contributed by atoms with E-state index in [1.807, 2.05) is 6.92 Å². The first-order valence-electron chi connectivity index (χ1n) is 12.9. The molecule has 0 unspecified atom stereocenters. The maximum Gasteiger partial charge on any atom is 0.139 e. The Balaban J connectivity index is 1.60. The van der Waals surface area contributed by atoms with Crippen LogP contribution in [-0.2, 0) is 9.59 Å². The van der Waals surface area contributed by atoms with Crippen molar-refractivity contribution in [1.29, 1.82) is 0 Å². The molecule has 0 saturated heterocycles. The van der Waals surface area contributed by atoms with Crippen LogP contribution in [0.1, 0.15) is 92.4 Å². The molecule has 0 aromatic rings. The van der Waals surface area contributed by atoms with Crippen LogP contribution in [0.15, 0.2) is 12.2 Å². The number of hydrogen-bond donors (Lipinski definition) is 2. The van der Waals surface area contributed by atoms with Gasteiger partial charge in [0.15, 0.2) is 0 Å². The fourth-order valence-electron chi connectivity index (χ4n) is 8.62. The number of carbonyl (C=O) groups excluding carboxylic acids is 2. The largest absolute Gasteiger partial charge is 0.393 e. The zero-order valence-electron chi connectivity index (χ0n) is 20.8. The Hall–Kier alpha value is -1.00. The van der Waals surface area contributed by atoms with Crippen LogP contribution in [0, 0.1) is 46.3 Å². The fourth-order valence-corrected chi connectivity index (χ4v) is 8.62. The molecular weight excluding hydrogens is 400 g/mol.